The number of nitrogens with one attached hydrogen (secondary N) is 1. The van der Waals surface area contributed by atoms with E-state index in [1.165, 1.54) is 17.7 Å². The van der Waals surface area contributed by atoms with E-state index in [1.807, 2.05) is 6.92 Å². The van der Waals surface area contributed by atoms with Gasteiger partial charge in [-0.2, -0.15) is 0 Å². The Balaban J connectivity index is 2.90. The first-order valence-electron chi connectivity index (χ1n) is 5.12. The smallest absolute Gasteiger partial charge is 0.125 e. The van der Waals surface area contributed by atoms with Gasteiger partial charge in [0.1, 0.15) is 18.2 Å². The molecule has 0 saturated carbocycles. The molecule has 94 valence electrons. The van der Waals surface area contributed by atoms with Crippen LogP contribution in [-0.2, 0) is 0 Å². The van der Waals surface area contributed by atoms with Crippen molar-refractivity contribution in [3.8, 4) is 5.75 Å². The van der Waals surface area contributed by atoms with Crippen molar-refractivity contribution in [3.05, 3.63) is 40.1 Å². The number of hydrogen-bond donors (Lipinski definition) is 1. The van der Waals surface area contributed by atoms with E-state index in [4.69, 9.17) is 27.9 Å². The van der Waals surface area contributed by atoms with Gasteiger partial charge in [-0.05, 0) is 32.2 Å². The van der Waals surface area contributed by atoms with Gasteiger partial charge in [0, 0.05) is 17.1 Å². The van der Waals surface area contributed by atoms with E-state index >= 15 is 0 Å². The highest BCUT2D eigenvalue weighted by Crippen LogP contribution is 2.26. The van der Waals surface area contributed by atoms with Crippen LogP contribution in [0.1, 0.15) is 18.5 Å². The van der Waals surface area contributed by atoms with Gasteiger partial charge in [0.25, 0.3) is 0 Å². The second kappa shape index (κ2) is 6.84. The van der Waals surface area contributed by atoms with Gasteiger partial charge >= 0.3 is 0 Å². The van der Waals surface area contributed by atoms with Gasteiger partial charge in [0.15, 0.2) is 0 Å². The van der Waals surface area contributed by atoms with Crippen LogP contribution in [0.25, 0.3) is 0 Å². The van der Waals surface area contributed by atoms with Crippen molar-refractivity contribution < 1.29 is 9.13 Å². The zero-order valence-corrected chi connectivity index (χ0v) is 11.1. The van der Waals surface area contributed by atoms with Gasteiger partial charge in [-0.3, -0.25) is 0 Å². The summed E-state index contributed by atoms with van der Waals surface area (Å²) in [6, 6.07) is 4.35. The first-order chi connectivity index (χ1) is 8.08. The molecule has 1 atom stereocenters. The molecular formula is C12H14Cl2FNO. The first-order valence-corrected chi connectivity index (χ1v) is 5.94. The van der Waals surface area contributed by atoms with Crippen molar-refractivity contribution in [1.82, 2.24) is 5.32 Å². The normalized spacial score (nSPS) is 13.6. The van der Waals surface area contributed by atoms with Gasteiger partial charge in [-0.15, -0.1) is 0 Å². The van der Waals surface area contributed by atoms with Gasteiger partial charge in [0.05, 0.1) is 5.03 Å². The van der Waals surface area contributed by atoms with Crippen LogP contribution in [0.2, 0.25) is 0 Å². The predicted molar refractivity (Wildman–Crippen MR) is 69.2 cm³/mol. The van der Waals surface area contributed by atoms with Crippen LogP contribution in [0, 0.1) is 5.82 Å². The molecule has 1 aromatic carbocycles. The Morgan fingerprint density at radius 1 is 1.59 bits per heavy atom. The molecule has 5 heteroatoms. The third-order valence-corrected chi connectivity index (χ3v) is 2.95. The molecule has 1 unspecified atom stereocenters. The molecule has 1 rings (SSSR count). The molecule has 0 spiro atoms. The third-order valence-electron chi connectivity index (χ3n) is 2.36. The van der Waals surface area contributed by atoms with Crippen molar-refractivity contribution in [3.63, 3.8) is 0 Å². The molecule has 0 radical (unpaired) electrons. The molecular weight excluding hydrogens is 264 g/mol. The molecule has 0 fully saturated rings. The van der Waals surface area contributed by atoms with E-state index in [9.17, 15) is 4.39 Å². The minimum absolute atomic E-state index is 0.0144. The van der Waals surface area contributed by atoms with E-state index in [0.717, 1.165) is 5.56 Å². The summed E-state index contributed by atoms with van der Waals surface area (Å²) in [5, 5.41) is 3.42. The highest BCUT2D eigenvalue weighted by molar-refractivity contribution is 6.36. The summed E-state index contributed by atoms with van der Waals surface area (Å²) >= 11 is 11.2. The average molecular weight is 278 g/mol. The summed E-state index contributed by atoms with van der Waals surface area (Å²) < 4.78 is 18.6. The van der Waals surface area contributed by atoms with Crippen LogP contribution in [-0.4, -0.2) is 13.7 Å². The Kier molecular flexibility index (Phi) is 5.75. The Hall–Kier alpha value is -0.770. The molecule has 0 aliphatic heterocycles. The molecule has 1 N–H and O–H groups in total. The average Bonchev–Trinajstić information content (AvgIpc) is 2.35. The maximum Gasteiger partial charge on any atom is 0.125 e. The minimum atomic E-state index is -0.298. The highest BCUT2D eigenvalue weighted by atomic mass is 35.5. The molecule has 0 aliphatic carbocycles. The Bertz CT molecular complexity index is 409. The lowest BCUT2D eigenvalue weighted by atomic mass is 10.1. The summed E-state index contributed by atoms with van der Waals surface area (Å²) in [5.74, 6) is 0.290. The van der Waals surface area contributed by atoms with Gasteiger partial charge < -0.3 is 10.1 Å². The number of halogens is 3. The van der Waals surface area contributed by atoms with Gasteiger partial charge in [0.2, 0.25) is 0 Å². The van der Waals surface area contributed by atoms with Crippen molar-refractivity contribution in [2.75, 3.05) is 13.7 Å². The zero-order valence-electron chi connectivity index (χ0n) is 9.64. The molecule has 0 saturated heterocycles. The Morgan fingerprint density at radius 3 is 2.88 bits per heavy atom. The number of hydrogen-bond acceptors (Lipinski definition) is 2. The monoisotopic (exact) mass is 277 g/mol. The van der Waals surface area contributed by atoms with E-state index in [0.29, 0.717) is 10.8 Å². The summed E-state index contributed by atoms with van der Waals surface area (Å²) in [6.07, 6.45) is 0. The van der Waals surface area contributed by atoms with Crippen LogP contribution >= 0.6 is 23.2 Å². The third kappa shape index (κ3) is 4.19. The SMILES string of the molecule is CNC(C)c1cc(F)ccc1OCC(Cl)=CCl. The van der Waals surface area contributed by atoms with Crippen LogP contribution in [0.4, 0.5) is 4.39 Å². The van der Waals surface area contributed by atoms with E-state index < -0.39 is 0 Å². The summed E-state index contributed by atoms with van der Waals surface area (Å²) in [4.78, 5) is 0. The van der Waals surface area contributed by atoms with Gasteiger partial charge in [-0.25, -0.2) is 4.39 Å². The van der Waals surface area contributed by atoms with Crippen molar-refractivity contribution in [1.29, 1.82) is 0 Å². The summed E-state index contributed by atoms with van der Waals surface area (Å²) in [6.45, 7) is 2.08. The number of benzene rings is 1. The van der Waals surface area contributed by atoms with Crippen LogP contribution < -0.4 is 10.1 Å². The Morgan fingerprint density at radius 2 is 2.29 bits per heavy atom. The molecule has 0 heterocycles. The fourth-order valence-corrected chi connectivity index (χ4v) is 1.44. The van der Waals surface area contributed by atoms with E-state index in [-0.39, 0.29) is 18.5 Å². The van der Waals surface area contributed by atoms with Crippen LogP contribution in [0.5, 0.6) is 5.75 Å². The van der Waals surface area contributed by atoms with E-state index in [2.05, 4.69) is 5.32 Å². The second-order valence-corrected chi connectivity index (χ2v) is 4.24. The van der Waals surface area contributed by atoms with Crippen molar-refractivity contribution in [2.24, 2.45) is 0 Å². The lowest BCUT2D eigenvalue weighted by Gasteiger charge is -2.16. The summed E-state index contributed by atoms with van der Waals surface area (Å²) in [5.41, 5.74) is 1.98. The Labute approximate surface area is 110 Å². The van der Waals surface area contributed by atoms with Crippen LogP contribution in [0.3, 0.4) is 0 Å². The molecule has 0 amide bonds. The van der Waals surface area contributed by atoms with Crippen molar-refractivity contribution in [2.45, 2.75) is 13.0 Å². The van der Waals surface area contributed by atoms with E-state index in [1.54, 1.807) is 13.1 Å². The second-order valence-electron chi connectivity index (χ2n) is 3.54. The van der Waals surface area contributed by atoms with Gasteiger partial charge in [-0.1, -0.05) is 23.2 Å². The molecule has 2 nitrogen and oxygen atoms in total. The molecule has 1 aromatic rings. The highest BCUT2D eigenvalue weighted by Gasteiger charge is 2.11. The largest absolute Gasteiger partial charge is 0.488 e. The standard InChI is InChI=1S/C12H14Cl2FNO/c1-8(16-2)11-5-10(15)3-4-12(11)17-7-9(14)6-13/h3-6,8,16H,7H2,1-2H3. The lowest BCUT2D eigenvalue weighted by Crippen LogP contribution is -2.14. The predicted octanol–water partition coefficient (Wildman–Crippen LogP) is 3.80. The number of rotatable bonds is 5. The molecule has 0 aromatic heterocycles. The summed E-state index contributed by atoms with van der Waals surface area (Å²) in [7, 11) is 1.80. The van der Waals surface area contributed by atoms with Crippen molar-refractivity contribution >= 4 is 23.2 Å². The lowest BCUT2D eigenvalue weighted by molar-refractivity contribution is 0.350. The molecule has 17 heavy (non-hydrogen) atoms. The maximum atomic E-state index is 13.2. The minimum Gasteiger partial charge on any atom is -0.488 e. The fourth-order valence-electron chi connectivity index (χ4n) is 1.32. The quantitative estimate of drug-likeness (QED) is 0.884. The zero-order chi connectivity index (χ0) is 12.8. The fraction of sp³-hybridized carbons (Fsp3) is 0.333. The first kappa shape index (κ1) is 14.3. The van der Waals surface area contributed by atoms with Crippen LogP contribution in [0.15, 0.2) is 28.8 Å². The number of ether oxygens (including phenoxy) is 1. The topological polar surface area (TPSA) is 21.3 Å². The molecule has 0 aliphatic rings. The maximum absolute atomic E-state index is 13.2. The molecule has 0 bridgehead atoms.